The molecule has 2 aromatic rings. The van der Waals surface area contributed by atoms with Gasteiger partial charge in [-0.2, -0.15) is 0 Å². The highest BCUT2D eigenvalue weighted by Gasteiger charge is 2.31. The number of aryl methyl sites for hydroxylation is 1. The van der Waals surface area contributed by atoms with Gasteiger partial charge in [-0.05, 0) is 37.6 Å². The summed E-state index contributed by atoms with van der Waals surface area (Å²) < 4.78 is 23.3. The van der Waals surface area contributed by atoms with Crippen LogP contribution in [-0.4, -0.2) is 42.9 Å². The van der Waals surface area contributed by atoms with Gasteiger partial charge in [0.15, 0.2) is 6.61 Å². The number of halogens is 1. The lowest BCUT2D eigenvalue weighted by molar-refractivity contribution is -0.157. The van der Waals surface area contributed by atoms with E-state index in [1.165, 1.54) is 18.2 Å². The Balaban J connectivity index is 1.48. The molecule has 1 N–H and O–H groups in total. The minimum absolute atomic E-state index is 0.108. The molecule has 1 amide bonds. The number of anilines is 1. The second kappa shape index (κ2) is 9.49. The summed E-state index contributed by atoms with van der Waals surface area (Å²) in [6, 6.07) is 7.41. The fraction of sp³-hybridized carbons (Fsp3) is 0.300. The number of nitrogens with one attached hydrogen (secondary N) is 1. The SMILES string of the molecule is CCOC(=O)c1sc(NC(=O)COC(=O)C2CC(c3cccc(F)c3)=NO2)cc1C. The molecule has 2 heterocycles. The zero-order chi connectivity index (χ0) is 21.7. The molecule has 3 rings (SSSR count). The van der Waals surface area contributed by atoms with Gasteiger partial charge in [0.2, 0.25) is 6.10 Å². The topological polar surface area (TPSA) is 103 Å². The zero-order valence-corrected chi connectivity index (χ0v) is 17.1. The molecular weight excluding hydrogens is 415 g/mol. The minimum Gasteiger partial charge on any atom is -0.462 e. The molecular formula is C20H19FN2O6S. The van der Waals surface area contributed by atoms with Crippen LogP contribution in [0.25, 0.3) is 0 Å². The van der Waals surface area contributed by atoms with Crippen molar-refractivity contribution in [1.29, 1.82) is 0 Å². The molecule has 0 spiro atoms. The normalized spacial score (nSPS) is 15.2. The molecule has 1 unspecified atom stereocenters. The molecule has 1 aromatic carbocycles. The predicted octanol–water partition coefficient (Wildman–Crippen LogP) is 3.05. The first-order valence-corrected chi connectivity index (χ1v) is 9.91. The van der Waals surface area contributed by atoms with Crippen molar-refractivity contribution in [3.05, 3.63) is 52.2 Å². The number of oxime groups is 1. The molecule has 10 heteroatoms. The van der Waals surface area contributed by atoms with Crippen molar-refractivity contribution < 1.29 is 33.1 Å². The van der Waals surface area contributed by atoms with E-state index in [1.807, 2.05) is 0 Å². The van der Waals surface area contributed by atoms with Crippen molar-refractivity contribution in [2.45, 2.75) is 26.4 Å². The van der Waals surface area contributed by atoms with E-state index in [0.717, 1.165) is 11.3 Å². The van der Waals surface area contributed by atoms with Crippen LogP contribution in [0.2, 0.25) is 0 Å². The molecule has 0 saturated heterocycles. The smallest absolute Gasteiger partial charge is 0.351 e. The number of hydrogen-bond donors (Lipinski definition) is 1. The third-order valence-electron chi connectivity index (χ3n) is 4.08. The maximum atomic E-state index is 13.3. The molecule has 30 heavy (non-hydrogen) atoms. The number of esters is 2. The fourth-order valence-corrected chi connectivity index (χ4v) is 3.67. The van der Waals surface area contributed by atoms with Crippen molar-refractivity contribution in [3.63, 3.8) is 0 Å². The van der Waals surface area contributed by atoms with E-state index in [0.29, 0.717) is 26.7 Å². The van der Waals surface area contributed by atoms with Crippen LogP contribution >= 0.6 is 11.3 Å². The number of amides is 1. The maximum absolute atomic E-state index is 13.3. The number of carbonyl (C=O) groups is 3. The van der Waals surface area contributed by atoms with Gasteiger partial charge in [0.25, 0.3) is 5.91 Å². The lowest BCUT2D eigenvalue weighted by atomic mass is 10.1. The molecule has 1 aliphatic heterocycles. The van der Waals surface area contributed by atoms with Crippen LogP contribution in [0, 0.1) is 12.7 Å². The van der Waals surface area contributed by atoms with E-state index in [2.05, 4.69) is 10.5 Å². The molecule has 0 saturated carbocycles. The van der Waals surface area contributed by atoms with Crippen molar-refractivity contribution >= 4 is 39.9 Å². The number of carbonyl (C=O) groups excluding carboxylic acids is 3. The first kappa shape index (κ1) is 21.4. The third-order valence-corrected chi connectivity index (χ3v) is 5.21. The quantitative estimate of drug-likeness (QED) is 0.672. The van der Waals surface area contributed by atoms with E-state index in [-0.39, 0.29) is 13.0 Å². The highest BCUT2D eigenvalue weighted by atomic mass is 32.1. The number of rotatable bonds is 7. The van der Waals surface area contributed by atoms with Gasteiger partial charge in [-0.3, -0.25) is 4.79 Å². The summed E-state index contributed by atoms with van der Waals surface area (Å²) in [7, 11) is 0. The lowest BCUT2D eigenvalue weighted by Gasteiger charge is -2.08. The van der Waals surface area contributed by atoms with Crippen molar-refractivity contribution in [2.75, 3.05) is 18.5 Å². The summed E-state index contributed by atoms with van der Waals surface area (Å²) in [4.78, 5) is 41.5. The second-order valence-corrected chi connectivity index (χ2v) is 7.40. The Morgan fingerprint density at radius 1 is 1.30 bits per heavy atom. The zero-order valence-electron chi connectivity index (χ0n) is 16.3. The van der Waals surface area contributed by atoms with Gasteiger partial charge in [0, 0.05) is 12.0 Å². The van der Waals surface area contributed by atoms with E-state index in [9.17, 15) is 18.8 Å². The first-order chi connectivity index (χ1) is 14.4. The highest BCUT2D eigenvalue weighted by Crippen LogP contribution is 2.27. The highest BCUT2D eigenvalue weighted by molar-refractivity contribution is 7.18. The Hall–Kier alpha value is -3.27. The summed E-state index contributed by atoms with van der Waals surface area (Å²) in [5.74, 6) is -2.20. The van der Waals surface area contributed by atoms with Crippen LogP contribution < -0.4 is 5.32 Å². The number of thiophene rings is 1. The summed E-state index contributed by atoms with van der Waals surface area (Å²) in [5.41, 5.74) is 1.60. The van der Waals surface area contributed by atoms with E-state index < -0.39 is 36.4 Å². The summed E-state index contributed by atoms with van der Waals surface area (Å²) in [6.45, 7) is 3.16. The Morgan fingerprint density at radius 2 is 2.10 bits per heavy atom. The van der Waals surface area contributed by atoms with Gasteiger partial charge in [-0.15, -0.1) is 11.3 Å². The van der Waals surface area contributed by atoms with Crippen LogP contribution in [0.4, 0.5) is 9.39 Å². The van der Waals surface area contributed by atoms with Crippen LogP contribution in [-0.2, 0) is 23.9 Å². The molecule has 1 aliphatic rings. The Labute approximate surface area is 175 Å². The minimum atomic E-state index is -1.00. The Morgan fingerprint density at radius 3 is 2.83 bits per heavy atom. The van der Waals surface area contributed by atoms with Gasteiger partial charge in [0.05, 0.1) is 17.3 Å². The lowest BCUT2D eigenvalue weighted by Crippen LogP contribution is -2.28. The van der Waals surface area contributed by atoms with E-state index in [4.69, 9.17) is 14.3 Å². The monoisotopic (exact) mass is 434 g/mol. The standard InChI is InChI=1S/C20H19FN2O6S/c1-3-27-20(26)18-11(2)7-17(30-18)22-16(24)10-28-19(25)15-9-14(23-29-15)12-5-4-6-13(21)8-12/h4-8,15H,3,9-10H2,1-2H3,(H,22,24). The predicted molar refractivity (Wildman–Crippen MR) is 107 cm³/mol. The fourth-order valence-electron chi connectivity index (χ4n) is 2.69. The summed E-state index contributed by atoms with van der Waals surface area (Å²) >= 11 is 1.07. The molecule has 1 atom stereocenters. The van der Waals surface area contributed by atoms with Gasteiger partial charge in [-0.25, -0.2) is 14.0 Å². The van der Waals surface area contributed by atoms with Crippen LogP contribution in [0.5, 0.6) is 0 Å². The molecule has 0 radical (unpaired) electrons. The summed E-state index contributed by atoms with van der Waals surface area (Å²) in [6.07, 6.45) is -0.896. The number of hydrogen-bond acceptors (Lipinski definition) is 8. The average Bonchev–Trinajstić information content (AvgIpc) is 3.33. The van der Waals surface area contributed by atoms with Gasteiger partial charge in [0.1, 0.15) is 10.7 Å². The number of benzene rings is 1. The largest absolute Gasteiger partial charge is 0.462 e. The van der Waals surface area contributed by atoms with Crippen molar-refractivity contribution in [3.8, 4) is 0 Å². The van der Waals surface area contributed by atoms with E-state index in [1.54, 1.807) is 26.0 Å². The van der Waals surface area contributed by atoms with Gasteiger partial charge >= 0.3 is 11.9 Å². The Bertz CT molecular complexity index is 1000. The maximum Gasteiger partial charge on any atom is 0.351 e. The molecule has 8 nitrogen and oxygen atoms in total. The van der Waals surface area contributed by atoms with Crippen LogP contribution in [0.1, 0.15) is 34.1 Å². The van der Waals surface area contributed by atoms with Crippen LogP contribution in [0.3, 0.4) is 0 Å². The molecule has 0 fully saturated rings. The molecule has 158 valence electrons. The van der Waals surface area contributed by atoms with Crippen molar-refractivity contribution in [2.24, 2.45) is 5.16 Å². The second-order valence-electron chi connectivity index (χ2n) is 6.35. The van der Waals surface area contributed by atoms with Gasteiger partial charge < -0.3 is 19.6 Å². The van der Waals surface area contributed by atoms with Gasteiger partial charge in [-0.1, -0.05) is 17.3 Å². The first-order valence-electron chi connectivity index (χ1n) is 9.10. The number of ether oxygens (including phenoxy) is 2. The molecule has 0 bridgehead atoms. The van der Waals surface area contributed by atoms with Crippen molar-refractivity contribution in [1.82, 2.24) is 0 Å². The third kappa shape index (κ3) is 5.20. The van der Waals surface area contributed by atoms with Crippen LogP contribution in [0.15, 0.2) is 35.5 Å². The molecule has 0 aliphatic carbocycles. The molecule has 1 aromatic heterocycles. The Kier molecular flexibility index (Phi) is 6.78. The summed E-state index contributed by atoms with van der Waals surface area (Å²) in [5, 5.41) is 6.80. The van der Waals surface area contributed by atoms with E-state index >= 15 is 0 Å². The average molecular weight is 434 g/mol. The number of nitrogens with zero attached hydrogens (tertiary/aromatic N) is 1.